The van der Waals surface area contributed by atoms with E-state index in [9.17, 15) is 9.18 Å². The second-order valence-corrected chi connectivity index (χ2v) is 8.43. The number of rotatable bonds is 5. The molecule has 0 bridgehead atoms. The van der Waals surface area contributed by atoms with Crippen molar-refractivity contribution >= 4 is 16.7 Å². The van der Waals surface area contributed by atoms with Gasteiger partial charge in [-0.25, -0.2) is 9.37 Å². The average Bonchev–Trinajstić information content (AvgIpc) is 3.29. The van der Waals surface area contributed by atoms with Gasteiger partial charge >= 0.3 is 0 Å². The highest BCUT2D eigenvalue weighted by Crippen LogP contribution is 2.27. The fraction of sp³-hybridized carbons (Fsp3) is 0.269. The zero-order valence-electron chi connectivity index (χ0n) is 18.4. The lowest BCUT2D eigenvalue weighted by Crippen LogP contribution is -2.43. The van der Waals surface area contributed by atoms with Crippen molar-refractivity contribution in [2.45, 2.75) is 25.4 Å². The molecule has 0 N–H and O–H groups in total. The maximum Gasteiger partial charge on any atom is 0.274 e. The molecule has 0 aliphatic carbocycles. The van der Waals surface area contributed by atoms with Crippen LogP contribution < -0.4 is 0 Å². The molecule has 168 valence electrons. The van der Waals surface area contributed by atoms with Crippen LogP contribution in [0.25, 0.3) is 22.0 Å². The second kappa shape index (κ2) is 9.11. The highest BCUT2D eigenvalue weighted by atomic mass is 19.1. The Hall–Kier alpha value is -3.58. The summed E-state index contributed by atoms with van der Waals surface area (Å²) < 4.78 is 22.1. The number of ether oxygens (including phenoxy) is 1. The smallest absolute Gasteiger partial charge is 0.274 e. The molecule has 0 atom stereocenters. The number of aromatic nitrogens is 3. The van der Waals surface area contributed by atoms with Crippen molar-refractivity contribution in [1.29, 1.82) is 0 Å². The average molecular weight is 445 g/mol. The first kappa shape index (κ1) is 21.3. The summed E-state index contributed by atoms with van der Waals surface area (Å²) in [5.74, 6) is -0.465. The van der Waals surface area contributed by atoms with Crippen LogP contribution in [0.5, 0.6) is 0 Å². The summed E-state index contributed by atoms with van der Waals surface area (Å²) in [4.78, 5) is 23.9. The number of hydrogen-bond donors (Lipinski definition) is 0. The summed E-state index contributed by atoms with van der Waals surface area (Å²) >= 11 is 0. The monoisotopic (exact) mass is 444 g/mol. The van der Waals surface area contributed by atoms with Gasteiger partial charge in [0.25, 0.3) is 5.91 Å². The molecule has 0 spiro atoms. The molecule has 7 heteroatoms. The molecule has 1 aliphatic rings. The molecule has 5 rings (SSSR count). The third-order valence-corrected chi connectivity index (χ3v) is 6.11. The fourth-order valence-corrected chi connectivity index (χ4v) is 4.33. The number of pyridine rings is 1. The first-order chi connectivity index (χ1) is 16.1. The first-order valence-corrected chi connectivity index (χ1v) is 11.1. The normalized spacial score (nSPS) is 14.5. The number of nitrogens with zero attached hydrogens (tertiary/aromatic N) is 4. The maximum atomic E-state index is 14.8. The lowest BCUT2D eigenvalue weighted by atomic mass is 10.0. The number of carbonyl (C=O) groups is 1. The molecule has 1 amide bonds. The molecule has 0 radical (unpaired) electrons. The predicted molar refractivity (Wildman–Crippen MR) is 124 cm³/mol. The van der Waals surface area contributed by atoms with Gasteiger partial charge in [0, 0.05) is 56.2 Å². The Morgan fingerprint density at radius 1 is 1.12 bits per heavy atom. The molecular weight excluding hydrogens is 419 g/mol. The summed E-state index contributed by atoms with van der Waals surface area (Å²) in [6.07, 6.45) is 6.63. The van der Waals surface area contributed by atoms with E-state index in [4.69, 9.17) is 4.74 Å². The highest BCUT2D eigenvalue weighted by molar-refractivity contribution is 5.92. The van der Waals surface area contributed by atoms with Crippen molar-refractivity contribution in [3.05, 3.63) is 84.3 Å². The second-order valence-electron chi connectivity index (χ2n) is 8.43. The van der Waals surface area contributed by atoms with Crippen LogP contribution in [0.1, 0.15) is 28.9 Å². The van der Waals surface area contributed by atoms with Crippen LogP contribution in [0.4, 0.5) is 4.39 Å². The van der Waals surface area contributed by atoms with E-state index in [1.165, 1.54) is 6.07 Å². The molecule has 0 unspecified atom stereocenters. The fourth-order valence-electron chi connectivity index (χ4n) is 4.33. The van der Waals surface area contributed by atoms with Crippen LogP contribution in [0.3, 0.4) is 0 Å². The molecule has 1 aliphatic heterocycles. The van der Waals surface area contributed by atoms with E-state index in [-0.39, 0.29) is 17.8 Å². The first-order valence-electron chi connectivity index (χ1n) is 11.1. The molecule has 2 aromatic heterocycles. The van der Waals surface area contributed by atoms with Crippen LogP contribution >= 0.6 is 0 Å². The zero-order chi connectivity index (χ0) is 22.8. The Morgan fingerprint density at radius 2 is 1.91 bits per heavy atom. The Morgan fingerprint density at radius 3 is 2.67 bits per heavy atom. The van der Waals surface area contributed by atoms with Gasteiger partial charge in [0.05, 0.1) is 12.0 Å². The van der Waals surface area contributed by atoms with Crippen molar-refractivity contribution in [2.24, 2.45) is 7.05 Å². The van der Waals surface area contributed by atoms with Gasteiger partial charge in [-0.1, -0.05) is 30.3 Å². The molecule has 6 nitrogen and oxygen atoms in total. The van der Waals surface area contributed by atoms with Crippen molar-refractivity contribution in [2.75, 3.05) is 13.2 Å². The zero-order valence-corrected chi connectivity index (χ0v) is 18.4. The minimum absolute atomic E-state index is 0.0422. The van der Waals surface area contributed by atoms with E-state index in [1.54, 1.807) is 35.4 Å². The Balaban J connectivity index is 1.48. The van der Waals surface area contributed by atoms with Crippen molar-refractivity contribution in [3.8, 4) is 11.3 Å². The molecule has 4 aromatic rings. The molecule has 0 saturated carbocycles. The molecule has 3 heterocycles. The topological polar surface area (TPSA) is 60.2 Å². The number of carbonyl (C=O) groups excluding carboxylic acids is 1. The van der Waals surface area contributed by atoms with Gasteiger partial charge in [-0.05, 0) is 42.0 Å². The highest BCUT2D eigenvalue weighted by Gasteiger charge is 2.28. The molecule has 1 fully saturated rings. The van der Waals surface area contributed by atoms with Crippen LogP contribution in [0.2, 0.25) is 0 Å². The largest absolute Gasteiger partial charge is 0.381 e. The molecule has 33 heavy (non-hydrogen) atoms. The third kappa shape index (κ3) is 4.50. The van der Waals surface area contributed by atoms with Gasteiger partial charge in [0.15, 0.2) is 0 Å². The van der Waals surface area contributed by atoms with Crippen LogP contribution in [-0.4, -0.2) is 44.6 Å². The number of amides is 1. The van der Waals surface area contributed by atoms with E-state index in [2.05, 4.69) is 9.97 Å². The standard InChI is InChI=1S/C26H25FN4O2/c1-30-16-25(29-17-30)26(32)31(21-8-10-33-11-9-21)15-18-6-7-23(27)22(12-18)24-13-19-4-2-3-5-20(19)14-28-24/h2-7,12-14,16-17,21H,8-11,15H2,1H3. The molecule has 2 aromatic carbocycles. The van der Waals surface area contributed by atoms with Crippen LogP contribution in [-0.2, 0) is 18.3 Å². The maximum absolute atomic E-state index is 14.8. The summed E-state index contributed by atoms with van der Waals surface area (Å²) in [7, 11) is 1.84. The third-order valence-electron chi connectivity index (χ3n) is 6.11. The summed E-state index contributed by atoms with van der Waals surface area (Å²) in [6.45, 7) is 1.60. The lowest BCUT2D eigenvalue weighted by Gasteiger charge is -2.34. The number of fused-ring (bicyclic) bond motifs is 1. The number of benzene rings is 2. The Bertz CT molecular complexity index is 1300. The Kier molecular flexibility index (Phi) is 5.88. The van der Waals surface area contributed by atoms with Gasteiger partial charge in [0.1, 0.15) is 11.5 Å². The van der Waals surface area contributed by atoms with E-state index in [0.717, 1.165) is 29.2 Å². The SMILES string of the molecule is Cn1cnc(C(=O)N(Cc2ccc(F)c(-c3cc4ccccc4cn3)c2)C2CCOCC2)c1. The van der Waals surface area contributed by atoms with Gasteiger partial charge in [0.2, 0.25) is 0 Å². The summed E-state index contributed by atoms with van der Waals surface area (Å²) in [5.41, 5.74) is 2.25. The lowest BCUT2D eigenvalue weighted by molar-refractivity contribution is 0.0264. The Labute approximate surface area is 191 Å². The van der Waals surface area contributed by atoms with Gasteiger partial charge < -0.3 is 14.2 Å². The van der Waals surface area contributed by atoms with Crippen molar-refractivity contribution < 1.29 is 13.9 Å². The molecule has 1 saturated heterocycles. The van der Waals surface area contributed by atoms with Crippen LogP contribution in [0.15, 0.2) is 67.3 Å². The summed E-state index contributed by atoms with van der Waals surface area (Å²) in [5, 5.41) is 2.01. The van der Waals surface area contributed by atoms with Crippen LogP contribution in [0, 0.1) is 5.82 Å². The number of halogens is 1. The van der Waals surface area contributed by atoms with Crippen molar-refractivity contribution in [3.63, 3.8) is 0 Å². The van der Waals surface area contributed by atoms with Gasteiger partial charge in [-0.2, -0.15) is 0 Å². The minimum atomic E-state index is -0.338. The predicted octanol–water partition coefficient (Wildman–Crippen LogP) is 4.60. The molecular formula is C26H25FN4O2. The minimum Gasteiger partial charge on any atom is -0.381 e. The number of aryl methyl sites for hydroxylation is 1. The van der Waals surface area contributed by atoms with E-state index in [1.807, 2.05) is 42.3 Å². The quantitative estimate of drug-likeness (QED) is 0.452. The van der Waals surface area contributed by atoms with E-state index in [0.29, 0.717) is 36.7 Å². The van der Waals surface area contributed by atoms with E-state index >= 15 is 0 Å². The summed E-state index contributed by atoms with van der Waals surface area (Å²) in [6, 6.07) is 14.8. The van der Waals surface area contributed by atoms with Gasteiger partial charge in [-0.3, -0.25) is 9.78 Å². The van der Waals surface area contributed by atoms with Gasteiger partial charge in [-0.15, -0.1) is 0 Å². The van der Waals surface area contributed by atoms with Crippen molar-refractivity contribution in [1.82, 2.24) is 19.4 Å². The number of hydrogen-bond acceptors (Lipinski definition) is 4. The number of imidazole rings is 1. The van der Waals surface area contributed by atoms with E-state index < -0.39 is 0 Å².